The molecule has 0 saturated heterocycles. The Morgan fingerprint density at radius 2 is 1.60 bits per heavy atom. The standard InChI is InChI=1S/C10H14/c1-10(2)8-5-3-4-6-9(10)7-8/h3-6,8-9H,7H2,1-2H3. The van der Waals surface area contributed by atoms with Crippen molar-refractivity contribution in [2.75, 3.05) is 0 Å². The largest absolute Gasteiger partial charge is 0.0809 e. The lowest BCUT2D eigenvalue weighted by Gasteiger charge is -2.49. The third-order valence-corrected chi connectivity index (χ3v) is 3.22. The van der Waals surface area contributed by atoms with Crippen molar-refractivity contribution in [1.29, 1.82) is 0 Å². The maximum absolute atomic E-state index is 2.37. The van der Waals surface area contributed by atoms with E-state index in [-0.39, 0.29) is 0 Å². The molecule has 0 spiro atoms. The minimum absolute atomic E-state index is 0.545. The number of allylic oxidation sites excluding steroid dienone is 4. The van der Waals surface area contributed by atoms with E-state index in [0.717, 1.165) is 11.8 Å². The fourth-order valence-corrected chi connectivity index (χ4v) is 2.05. The van der Waals surface area contributed by atoms with Crippen LogP contribution in [0.4, 0.5) is 0 Å². The van der Waals surface area contributed by atoms with Crippen molar-refractivity contribution in [2.24, 2.45) is 17.3 Å². The quantitative estimate of drug-likeness (QED) is 0.478. The number of fused-ring (bicyclic) bond motifs is 1. The molecule has 2 bridgehead atoms. The van der Waals surface area contributed by atoms with Crippen LogP contribution in [0.1, 0.15) is 20.3 Å². The molecule has 1 fully saturated rings. The van der Waals surface area contributed by atoms with E-state index in [1.54, 1.807) is 0 Å². The molecule has 0 aromatic carbocycles. The van der Waals surface area contributed by atoms with Crippen LogP contribution in [-0.4, -0.2) is 0 Å². The highest BCUT2D eigenvalue weighted by atomic mass is 14.5. The second-order valence-electron chi connectivity index (χ2n) is 4.04. The second kappa shape index (κ2) is 1.75. The summed E-state index contributed by atoms with van der Waals surface area (Å²) < 4.78 is 0. The SMILES string of the molecule is CC1(C)C2C=CC=CC1C2. The van der Waals surface area contributed by atoms with Crippen LogP contribution in [0.5, 0.6) is 0 Å². The molecule has 0 aliphatic heterocycles. The van der Waals surface area contributed by atoms with Gasteiger partial charge in [-0.1, -0.05) is 38.2 Å². The monoisotopic (exact) mass is 134 g/mol. The van der Waals surface area contributed by atoms with Gasteiger partial charge in [-0.05, 0) is 23.7 Å². The summed E-state index contributed by atoms with van der Waals surface area (Å²) in [4.78, 5) is 0. The predicted octanol–water partition coefficient (Wildman–Crippen LogP) is 2.77. The molecule has 3 aliphatic carbocycles. The number of hydrogen-bond acceptors (Lipinski definition) is 0. The lowest BCUT2D eigenvalue weighted by atomic mass is 9.55. The summed E-state index contributed by atoms with van der Waals surface area (Å²) in [6.07, 6.45) is 10.5. The lowest BCUT2D eigenvalue weighted by molar-refractivity contribution is 0.0489. The second-order valence-corrected chi connectivity index (χ2v) is 4.04. The molecule has 0 aromatic rings. The molecule has 3 aliphatic rings. The molecular formula is C10H14. The third kappa shape index (κ3) is 0.622. The average Bonchev–Trinajstić information content (AvgIpc) is 2.17. The topological polar surface area (TPSA) is 0 Å². The van der Waals surface area contributed by atoms with Gasteiger partial charge in [-0.15, -0.1) is 0 Å². The summed E-state index contributed by atoms with van der Waals surface area (Å²) in [5.41, 5.74) is 0.545. The van der Waals surface area contributed by atoms with Crippen molar-refractivity contribution in [2.45, 2.75) is 20.3 Å². The fraction of sp³-hybridized carbons (Fsp3) is 0.600. The van der Waals surface area contributed by atoms with Crippen molar-refractivity contribution < 1.29 is 0 Å². The van der Waals surface area contributed by atoms with Gasteiger partial charge in [-0.2, -0.15) is 0 Å². The zero-order chi connectivity index (χ0) is 7.19. The van der Waals surface area contributed by atoms with Gasteiger partial charge in [0.2, 0.25) is 0 Å². The van der Waals surface area contributed by atoms with E-state index in [9.17, 15) is 0 Å². The maximum atomic E-state index is 2.37. The van der Waals surface area contributed by atoms with Crippen LogP contribution in [0.25, 0.3) is 0 Å². The van der Waals surface area contributed by atoms with Crippen LogP contribution in [0.3, 0.4) is 0 Å². The molecule has 3 rings (SSSR count). The van der Waals surface area contributed by atoms with Gasteiger partial charge in [0, 0.05) is 0 Å². The molecule has 0 radical (unpaired) electrons. The smallest absolute Gasteiger partial charge is 0.0168 e. The molecule has 0 heterocycles. The van der Waals surface area contributed by atoms with Gasteiger partial charge in [0.1, 0.15) is 0 Å². The van der Waals surface area contributed by atoms with Crippen molar-refractivity contribution in [3.05, 3.63) is 24.3 Å². The highest BCUT2D eigenvalue weighted by Gasteiger charge is 2.45. The van der Waals surface area contributed by atoms with Gasteiger partial charge in [-0.25, -0.2) is 0 Å². The van der Waals surface area contributed by atoms with Crippen LogP contribution < -0.4 is 0 Å². The van der Waals surface area contributed by atoms with Gasteiger partial charge >= 0.3 is 0 Å². The van der Waals surface area contributed by atoms with E-state index in [2.05, 4.69) is 38.2 Å². The Bertz CT molecular complexity index is 176. The summed E-state index contributed by atoms with van der Waals surface area (Å²) in [6.45, 7) is 4.73. The van der Waals surface area contributed by atoms with Crippen LogP contribution >= 0.6 is 0 Å². The Hall–Kier alpha value is -0.520. The number of rotatable bonds is 0. The van der Waals surface area contributed by atoms with Crippen molar-refractivity contribution in [3.63, 3.8) is 0 Å². The zero-order valence-electron chi connectivity index (χ0n) is 6.67. The summed E-state index contributed by atoms with van der Waals surface area (Å²) in [6, 6.07) is 0. The van der Waals surface area contributed by atoms with E-state index >= 15 is 0 Å². The maximum Gasteiger partial charge on any atom is -0.0168 e. The minimum atomic E-state index is 0.545. The van der Waals surface area contributed by atoms with E-state index < -0.39 is 0 Å². The molecule has 0 nitrogen and oxygen atoms in total. The first kappa shape index (κ1) is 6.21. The van der Waals surface area contributed by atoms with Crippen LogP contribution in [0.15, 0.2) is 24.3 Å². The van der Waals surface area contributed by atoms with Crippen molar-refractivity contribution in [1.82, 2.24) is 0 Å². The van der Waals surface area contributed by atoms with E-state index in [4.69, 9.17) is 0 Å². The van der Waals surface area contributed by atoms with Crippen LogP contribution in [-0.2, 0) is 0 Å². The van der Waals surface area contributed by atoms with Gasteiger partial charge < -0.3 is 0 Å². The highest BCUT2D eigenvalue weighted by molar-refractivity contribution is 5.21. The van der Waals surface area contributed by atoms with E-state index in [0.29, 0.717) is 5.41 Å². The first-order chi connectivity index (χ1) is 4.71. The summed E-state index contributed by atoms with van der Waals surface area (Å²) in [5.74, 6) is 1.68. The normalized spacial score (nSPS) is 40.6. The average molecular weight is 134 g/mol. The third-order valence-electron chi connectivity index (χ3n) is 3.22. The minimum Gasteiger partial charge on any atom is -0.0809 e. The number of hydrogen-bond donors (Lipinski definition) is 0. The van der Waals surface area contributed by atoms with Gasteiger partial charge in [0.25, 0.3) is 0 Å². The Morgan fingerprint density at radius 1 is 1.10 bits per heavy atom. The van der Waals surface area contributed by atoms with Crippen LogP contribution in [0, 0.1) is 17.3 Å². The summed E-state index contributed by atoms with van der Waals surface area (Å²) in [5, 5.41) is 0. The highest BCUT2D eigenvalue weighted by Crippen LogP contribution is 2.53. The van der Waals surface area contributed by atoms with E-state index in [1.807, 2.05) is 0 Å². The Balaban J connectivity index is 2.31. The molecule has 2 unspecified atom stereocenters. The van der Waals surface area contributed by atoms with E-state index in [1.165, 1.54) is 6.42 Å². The Kier molecular flexibility index (Phi) is 1.08. The van der Waals surface area contributed by atoms with Gasteiger partial charge in [-0.3, -0.25) is 0 Å². The first-order valence-electron chi connectivity index (χ1n) is 4.06. The molecule has 0 heteroatoms. The Morgan fingerprint density at radius 3 is 2.00 bits per heavy atom. The lowest BCUT2D eigenvalue weighted by Crippen LogP contribution is -2.41. The van der Waals surface area contributed by atoms with Crippen LogP contribution in [0.2, 0.25) is 0 Å². The molecule has 10 heavy (non-hydrogen) atoms. The Labute approximate surface area is 62.6 Å². The van der Waals surface area contributed by atoms with Gasteiger partial charge in [0.05, 0.1) is 0 Å². The molecule has 54 valence electrons. The van der Waals surface area contributed by atoms with Gasteiger partial charge in [0.15, 0.2) is 0 Å². The molecule has 2 atom stereocenters. The molecular weight excluding hydrogens is 120 g/mol. The van der Waals surface area contributed by atoms with Crippen molar-refractivity contribution >= 4 is 0 Å². The molecule has 0 amide bonds. The molecule has 0 N–H and O–H groups in total. The summed E-state index contributed by atoms with van der Waals surface area (Å²) in [7, 11) is 0. The fourth-order valence-electron chi connectivity index (χ4n) is 2.05. The first-order valence-corrected chi connectivity index (χ1v) is 4.06. The molecule has 0 aromatic heterocycles. The zero-order valence-corrected chi connectivity index (χ0v) is 6.67. The van der Waals surface area contributed by atoms with Crippen molar-refractivity contribution in [3.8, 4) is 0 Å². The summed E-state index contributed by atoms with van der Waals surface area (Å²) >= 11 is 0. The predicted molar refractivity (Wildman–Crippen MR) is 43.7 cm³/mol. The molecule has 1 saturated carbocycles.